The highest BCUT2D eigenvalue weighted by molar-refractivity contribution is 9.09. The summed E-state index contributed by atoms with van der Waals surface area (Å²) in [4.78, 5) is 11.4. The van der Waals surface area contributed by atoms with Crippen LogP contribution in [0.25, 0.3) is 0 Å². The van der Waals surface area contributed by atoms with Crippen LogP contribution in [-0.2, 0) is 4.79 Å². The number of rotatable bonds is 17. The first-order chi connectivity index (χ1) is 11.3. The SMILES string of the molecule is CCCCCCCCC=CCCCCCCCC(=O)NCCBr. The van der Waals surface area contributed by atoms with Gasteiger partial charge in [-0.2, -0.15) is 0 Å². The standard InChI is InChI=1S/C20H38BrNO/c1-2-3-4-5-6-7-8-9-10-11-12-13-14-15-16-17-20(23)22-19-18-21/h9-10H,2-8,11-19H2,1H3,(H,22,23). The summed E-state index contributed by atoms with van der Waals surface area (Å²) in [5.41, 5.74) is 0. The Hall–Kier alpha value is -0.310. The van der Waals surface area contributed by atoms with Gasteiger partial charge in [-0.15, -0.1) is 0 Å². The molecule has 0 radical (unpaired) electrons. The second-order valence-electron chi connectivity index (χ2n) is 6.37. The Kier molecular flexibility index (Phi) is 19.5. The quantitative estimate of drug-likeness (QED) is 0.171. The molecule has 2 nitrogen and oxygen atoms in total. The number of halogens is 1. The van der Waals surface area contributed by atoms with E-state index in [1.165, 1.54) is 77.0 Å². The van der Waals surface area contributed by atoms with Crippen molar-refractivity contribution in [2.75, 3.05) is 11.9 Å². The molecule has 0 saturated carbocycles. The highest BCUT2D eigenvalue weighted by atomic mass is 79.9. The second kappa shape index (κ2) is 19.7. The van der Waals surface area contributed by atoms with Gasteiger partial charge in [0.1, 0.15) is 0 Å². The van der Waals surface area contributed by atoms with Crippen LogP contribution in [0.4, 0.5) is 0 Å². The van der Waals surface area contributed by atoms with Crippen LogP contribution < -0.4 is 5.32 Å². The van der Waals surface area contributed by atoms with Crippen LogP contribution in [0.3, 0.4) is 0 Å². The maximum absolute atomic E-state index is 11.4. The van der Waals surface area contributed by atoms with Gasteiger partial charge in [0.2, 0.25) is 5.91 Å². The van der Waals surface area contributed by atoms with Gasteiger partial charge in [-0.1, -0.05) is 86.4 Å². The molecule has 1 amide bonds. The fourth-order valence-corrected chi connectivity index (χ4v) is 2.83. The van der Waals surface area contributed by atoms with Gasteiger partial charge in [-0.25, -0.2) is 0 Å². The lowest BCUT2D eigenvalue weighted by Crippen LogP contribution is -2.24. The van der Waals surface area contributed by atoms with E-state index in [2.05, 4.69) is 40.3 Å². The number of alkyl halides is 1. The van der Waals surface area contributed by atoms with Crippen LogP contribution in [0.1, 0.15) is 96.8 Å². The summed E-state index contributed by atoms with van der Waals surface area (Å²) in [6, 6.07) is 0. The van der Waals surface area contributed by atoms with Crippen LogP contribution in [0.2, 0.25) is 0 Å². The maximum atomic E-state index is 11.4. The van der Waals surface area contributed by atoms with E-state index in [0.717, 1.165) is 18.3 Å². The molecule has 0 unspecified atom stereocenters. The van der Waals surface area contributed by atoms with E-state index < -0.39 is 0 Å². The van der Waals surface area contributed by atoms with E-state index in [4.69, 9.17) is 0 Å². The molecule has 0 rings (SSSR count). The maximum Gasteiger partial charge on any atom is 0.220 e. The second-order valence-corrected chi connectivity index (χ2v) is 7.17. The molecule has 3 heteroatoms. The van der Waals surface area contributed by atoms with Crippen molar-refractivity contribution in [2.45, 2.75) is 96.8 Å². The largest absolute Gasteiger partial charge is 0.355 e. The van der Waals surface area contributed by atoms with Gasteiger partial charge in [0.05, 0.1) is 0 Å². The summed E-state index contributed by atoms with van der Waals surface area (Å²) >= 11 is 3.31. The Balaban J connectivity index is 3.14. The normalized spacial score (nSPS) is 11.2. The Labute approximate surface area is 153 Å². The summed E-state index contributed by atoms with van der Waals surface area (Å²) in [5, 5.41) is 3.73. The summed E-state index contributed by atoms with van der Waals surface area (Å²) in [7, 11) is 0. The number of hydrogen-bond acceptors (Lipinski definition) is 1. The van der Waals surface area contributed by atoms with E-state index in [-0.39, 0.29) is 5.91 Å². The summed E-state index contributed by atoms with van der Waals surface area (Å²) in [6.45, 7) is 3.01. The Morgan fingerprint density at radius 2 is 1.35 bits per heavy atom. The van der Waals surface area contributed by atoms with Gasteiger partial charge in [0, 0.05) is 18.3 Å². The first-order valence-corrected chi connectivity index (χ1v) is 10.9. The van der Waals surface area contributed by atoms with Crippen molar-refractivity contribution >= 4 is 21.8 Å². The van der Waals surface area contributed by atoms with Crippen LogP contribution >= 0.6 is 15.9 Å². The molecule has 0 spiro atoms. The molecule has 0 aliphatic carbocycles. The van der Waals surface area contributed by atoms with E-state index in [1.807, 2.05) is 0 Å². The van der Waals surface area contributed by atoms with Crippen molar-refractivity contribution < 1.29 is 4.79 Å². The van der Waals surface area contributed by atoms with Gasteiger partial charge in [-0.05, 0) is 32.1 Å². The van der Waals surface area contributed by atoms with Crippen LogP contribution in [0, 0.1) is 0 Å². The van der Waals surface area contributed by atoms with Crippen molar-refractivity contribution in [1.82, 2.24) is 5.32 Å². The lowest BCUT2D eigenvalue weighted by Gasteiger charge is -2.03. The predicted octanol–water partition coefficient (Wildman–Crippen LogP) is 6.54. The van der Waals surface area contributed by atoms with Crippen LogP contribution in [0.5, 0.6) is 0 Å². The van der Waals surface area contributed by atoms with Gasteiger partial charge in [0.15, 0.2) is 0 Å². The van der Waals surface area contributed by atoms with Gasteiger partial charge >= 0.3 is 0 Å². The lowest BCUT2D eigenvalue weighted by molar-refractivity contribution is -0.121. The highest BCUT2D eigenvalue weighted by Gasteiger charge is 1.99. The fourth-order valence-electron chi connectivity index (χ4n) is 2.63. The molecule has 0 atom stereocenters. The van der Waals surface area contributed by atoms with Crippen LogP contribution in [0.15, 0.2) is 12.2 Å². The summed E-state index contributed by atoms with van der Waals surface area (Å²) in [5.74, 6) is 0.196. The van der Waals surface area contributed by atoms with E-state index in [1.54, 1.807) is 0 Å². The molecular formula is C20H38BrNO. The summed E-state index contributed by atoms with van der Waals surface area (Å²) < 4.78 is 0. The van der Waals surface area contributed by atoms with Crippen molar-refractivity contribution in [3.8, 4) is 0 Å². The fraction of sp³-hybridized carbons (Fsp3) is 0.850. The molecule has 0 aliphatic rings. The minimum atomic E-state index is 0.196. The zero-order valence-corrected chi connectivity index (χ0v) is 16.8. The van der Waals surface area contributed by atoms with Crippen molar-refractivity contribution in [1.29, 1.82) is 0 Å². The first-order valence-electron chi connectivity index (χ1n) is 9.79. The molecule has 0 aliphatic heterocycles. The molecule has 23 heavy (non-hydrogen) atoms. The minimum absolute atomic E-state index is 0.196. The Bertz CT molecular complexity index is 279. The monoisotopic (exact) mass is 387 g/mol. The van der Waals surface area contributed by atoms with Gasteiger partial charge in [-0.3, -0.25) is 4.79 Å². The zero-order valence-electron chi connectivity index (χ0n) is 15.3. The Morgan fingerprint density at radius 1 is 0.826 bits per heavy atom. The highest BCUT2D eigenvalue weighted by Crippen LogP contribution is 2.09. The van der Waals surface area contributed by atoms with Gasteiger partial charge in [0.25, 0.3) is 0 Å². The van der Waals surface area contributed by atoms with Crippen LogP contribution in [-0.4, -0.2) is 17.8 Å². The summed E-state index contributed by atoms with van der Waals surface area (Å²) in [6.07, 6.45) is 22.3. The topological polar surface area (TPSA) is 29.1 Å². The third-order valence-corrected chi connectivity index (χ3v) is 4.48. The average Bonchev–Trinajstić information content (AvgIpc) is 2.56. The van der Waals surface area contributed by atoms with E-state index in [0.29, 0.717) is 6.42 Å². The Morgan fingerprint density at radius 3 is 1.91 bits per heavy atom. The molecule has 0 fully saturated rings. The molecular weight excluding hydrogens is 350 g/mol. The van der Waals surface area contributed by atoms with Crippen molar-refractivity contribution in [3.63, 3.8) is 0 Å². The lowest BCUT2D eigenvalue weighted by atomic mass is 10.1. The smallest absolute Gasteiger partial charge is 0.220 e. The van der Waals surface area contributed by atoms with Crippen molar-refractivity contribution in [2.24, 2.45) is 0 Å². The molecule has 0 aromatic heterocycles. The molecule has 0 saturated heterocycles. The molecule has 0 aromatic rings. The predicted molar refractivity (Wildman–Crippen MR) is 106 cm³/mol. The molecule has 0 heterocycles. The minimum Gasteiger partial charge on any atom is -0.355 e. The molecule has 0 bridgehead atoms. The number of unbranched alkanes of at least 4 members (excludes halogenated alkanes) is 11. The molecule has 136 valence electrons. The first kappa shape index (κ1) is 22.7. The number of amides is 1. The van der Waals surface area contributed by atoms with E-state index >= 15 is 0 Å². The van der Waals surface area contributed by atoms with E-state index in [9.17, 15) is 4.79 Å². The third-order valence-electron chi connectivity index (χ3n) is 4.08. The molecule has 1 N–H and O–H groups in total. The third kappa shape index (κ3) is 19.6. The number of carbonyl (C=O) groups is 1. The number of hydrogen-bond donors (Lipinski definition) is 1. The zero-order chi connectivity index (χ0) is 17.0. The number of allylic oxidation sites excluding steroid dienone is 2. The van der Waals surface area contributed by atoms with Crippen molar-refractivity contribution in [3.05, 3.63) is 12.2 Å². The van der Waals surface area contributed by atoms with Gasteiger partial charge < -0.3 is 5.32 Å². The number of nitrogens with one attached hydrogen (secondary N) is 1. The number of carbonyl (C=O) groups excluding carboxylic acids is 1. The average molecular weight is 388 g/mol. The molecule has 0 aromatic carbocycles.